The van der Waals surface area contributed by atoms with Gasteiger partial charge in [0.15, 0.2) is 0 Å². The van der Waals surface area contributed by atoms with Gasteiger partial charge in [0.05, 0.1) is 6.20 Å². The van der Waals surface area contributed by atoms with E-state index in [1.807, 2.05) is 18.2 Å². The molecule has 1 aliphatic rings. The van der Waals surface area contributed by atoms with E-state index in [-0.39, 0.29) is 30.1 Å². The summed E-state index contributed by atoms with van der Waals surface area (Å²) >= 11 is 0. The Morgan fingerprint density at radius 3 is 2.56 bits per heavy atom. The number of alkyl halides is 3. The van der Waals surface area contributed by atoms with Gasteiger partial charge in [-0.15, -0.1) is 0 Å². The van der Waals surface area contributed by atoms with E-state index in [9.17, 15) is 22.8 Å². The molecule has 2 heterocycles. The number of likely N-dealkylation sites (N-methyl/N-ethyl adjacent to an activating group) is 1. The van der Waals surface area contributed by atoms with Crippen LogP contribution in [-0.4, -0.2) is 67.6 Å². The van der Waals surface area contributed by atoms with Crippen molar-refractivity contribution >= 4 is 17.5 Å². The molecule has 8 nitrogen and oxygen atoms in total. The van der Waals surface area contributed by atoms with Gasteiger partial charge in [-0.05, 0) is 50.5 Å². The van der Waals surface area contributed by atoms with E-state index in [2.05, 4.69) is 15.2 Å². The maximum absolute atomic E-state index is 12.7. The Hall–Kier alpha value is -3.34. The monoisotopic (exact) mass is 508 g/mol. The number of benzene rings is 1. The highest BCUT2D eigenvalue weighted by molar-refractivity contribution is 5.85. The number of amides is 2. The Labute approximate surface area is 208 Å². The third-order valence-electron chi connectivity index (χ3n) is 5.88. The predicted molar refractivity (Wildman–Crippen MR) is 128 cm³/mol. The van der Waals surface area contributed by atoms with Crippen LogP contribution in [0.3, 0.4) is 0 Å². The van der Waals surface area contributed by atoms with E-state index in [4.69, 9.17) is 9.47 Å². The molecule has 1 unspecified atom stereocenters. The summed E-state index contributed by atoms with van der Waals surface area (Å²) in [7, 11) is 3.25. The highest BCUT2D eigenvalue weighted by Crippen LogP contribution is 2.31. The summed E-state index contributed by atoms with van der Waals surface area (Å²) in [5.74, 6) is 0.407. The average molecular weight is 509 g/mol. The molecule has 1 N–H and O–H groups in total. The second-order valence-corrected chi connectivity index (χ2v) is 9.37. The molecule has 0 bridgehead atoms. The van der Waals surface area contributed by atoms with E-state index in [1.165, 1.54) is 11.0 Å². The van der Waals surface area contributed by atoms with Gasteiger partial charge in [-0.2, -0.15) is 13.2 Å². The van der Waals surface area contributed by atoms with E-state index in [0.29, 0.717) is 18.8 Å². The molecular weight excluding hydrogens is 477 g/mol. The fourth-order valence-corrected chi connectivity index (χ4v) is 3.61. The lowest BCUT2D eigenvalue weighted by atomic mass is 10.1. The van der Waals surface area contributed by atoms with Gasteiger partial charge in [-0.25, -0.2) is 4.98 Å². The maximum atomic E-state index is 12.7. The number of pyridine rings is 1. The first-order chi connectivity index (χ1) is 16.8. The smallest absolute Gasteiger partial charge is 0.433 e. The topological polar surface area (TPSA) is 84.0 Å². The molecule has 36 heavy (non-hydrogen) atoms. The van der Waals surface area contributed by atoms with Gasteiger partial charge in [0, 0.05) is 45.5 Å². The van der Waals surface area contributed by atoms with Crippen LogP contribution < -0.4 is 15.0 Å². The van der Waals surface area contributed by atoms with E-state index < -0.39 is 17.5 Å². The molecule has 196 valence electrons. The van der Waals surface area contributed by atoms with Crippen molar-refractivity contribution in [1.29, 1.82) is 0 Å². The molecule has 1 saturated heterocycles. The number of carbonyl (C=O) groups is 2. The zero-order valence-electron chi connectivity index (χ0n) is 20.8. The zero-order chi connectivity index (χ0) is 26.5. The highest BCUT2D eigenvalue weighted by Gasteiger charge is 2.33. The lowest BCUT2D eigenvalue weighted by molar-refractivity contribution is -0.150. The van der Waals surface area contributed by atoms with Crippen LogP contribution in [0.25, 0.3) is 0 Å². The standard InChI is InChI=1S/C25H31F3N4O4/c1-24(2,35-16-22(33)31(3)4)23(34)30-13-17-10-11-32(15-17)18-6-5-7-19(12-18)36-20-8-9-21(29-14-20)25(26,27)28/h5-9,12,14,17H,10-11,13,15-16H2,1-4H3,(H,30,34). The van der Waals surface area contributed by atoms with Crippen molar-refractivity contribution in [3.8, 4) is 11.5 Å². The van der Waals surface area contributed by atoms with Crippen LogP contribution in [0, 0.1) is 5.92 Å². The zero-order valence-corrected chi connectivity index (χ0v) is 20.8. The molecule has 1 atom stereocenters. The van der Waals surface area contributed by atoms with Crippen LogP contribution in [0.1, 0.15) is 26.0 Å². The Morgan fingerprint density at radius 1 is 1.17 bits per heavy atom. The fraction of sp³-hybridized carbons (Fsp3) is 0.480. The number of anilines is 1. The molecular formula is C25H31F3N4O4. The molecule has 3 rings (SSSR count). The van der Waals surface area contributed by atoms with Crippen molar-refractivity contribution in [3.63, 3.8) is 0 Å². The minimum Gasteiger partial charge on any atom is -0.456 e. The molecule has 1 aromatic carbocycles. The number of carbonyl (C=O) groups excluding carboxylic acids is 2. The van der Waals surface area contributed by atoms with Crippen molar-refractivity contribution in [3.05, 3.63) is 48.3 Å². The first-order valence-corrected chi connectivity index (χ1v) is 11.5. The SMILES string of the molecule is CN(C)C(=O)COC(C)(C)C(=O)NCC1CCN(c2cccc(Oc3ccc(C(F)(F)F)nc3)c2)C1. The molecule has 1 aromatic heterocycles. The van der Waals surface area contributed by atoms with Crippen LogP contribution in [0.15, 0.2) is 42.6 Å². The summed E-state index contributed by atoms with van der Waals surface area (Å²) in [6.07, 6.45) is -2.58. The largest absolute Gasteiger partial charge is 0.456 e. The van der Waals surface area contributed by atoms with Gasteiger partial charge < -0.3 is 24.6 Å². The molecule has 11 heteroatoms. The predicted octanol–water partition coefficient (Wildman–Crippen LogP) is 3.72. The second-order valence-electron chi connectivity index (χ2n) is 9.37. The summed E-state index contributed by atoms with van der Waals surface area (Å²) in [6.45, 7) is 5.05. The molecule has 0 spiro atoms. The number of hydrogen-bond donors (Lipinski definition) is 1. The lowest BCUT2D eigenvalue weighted by Gasteiger charge is -2.25. The summed E-state index contributed by atoms with van der Waals surface area (Å²) in [5, 5.41) is 2.92. The molecule has 0 saturated carbocycles. The van der Waals surface area contributed by atoms with Crippen molar-refractivity contribution in [1.82, 2.24) is 15.2 Å². The number of halogens is 3. The Balaban J connectivity index is 1.51. The summed E-state index contributed by atoms with van der Waals surface area (Å²) in [5.41, 5.74) is -1.20. The average Bonchev–Trinajstić information content (AvgIpc) is 3.30. The molecule has 0 radical (unpaired) electrons. The maximum Gasteiger partial charge on any atom is 0.433 e. The molecule has 1 aliphatic heterocycles. The molecule has 0 aliphatic carbocycles. The van der Waals surface area contributed by atoms with Gasteiger partial charge in [-0.3, -0.25) is 9.59 Å². The highest BCUT2D eigenvalue weighted by atomic mass is 19.4. The van der Waals surface area contributed by atoms with Crippen LogP contribution in [-0.2, 0) is 20.5 Å². The normalized spacial score (nSPS) is 16.1. The third-order valence-corrected chi connectivity index (χ3v) is 5.88. The first-order valence-electron chi connectivity index (χ1n) is 11.5. The van der Waals surface area contributed by atoms with Gasteiger partial charge in [-0.1, -0.05) is 6.07 Å². The number of aromatic nitrogens is 1. The number of hydrogen-bond acceptors (Lipinski definition) is 6. The number of ether oxygens (including phenoxy) is 2. The Bertz CT molecular complexity index is 1060. The van der Waals surface area contributed by atoms with Crippen LogP contribution in [0.2, 0.25) is 0 Å². The Kier molecular flexibility index (Phi) is 8.44. The van der Waals surface area contributed by atoms with E-state index in [1.54, 1.807) is 34.0 Å². The van der Waals surface area contributed by atoms with Gasteiger partial charge in [0.1, 0.15) is 29.4 Å². The van der Waals surface area contributed by atoms with Crippen LogP contribution in [0.5, 0.6) is 11.5 Å². The Morgan fingerprint density at radius 2 is 1.92 bits per heavy atom. The van der Waals surface area contributed by atoms with E-state index >= 15 is 0 Å². The van der Waals surface area contributed by atoms with Crippen LogP contribution >= 0.6 is 0 Å². The van der Waals surface area contributed by atoms with Crippen molar-refractivity contribution in [2.24, 2.45) is 5.92 Å². The van der Waals surface area contributed by atoms with E-state index in [0.717, 1.165) is 30.9 Å². The number of nitrogens with one attached hydrogen (secondary N) is 1. The summed E-state index contributed by atoms with van der Waals surface area (Å²) in [6, 6.07) is 9.39. The quantitative estimate of drug-likeness (QED) is 0.556. The summed E-state index contributed by atoms with van der Waals surface area (Å²) < 4.78 is 49.3. The molecule has 2 amide bonds. The van der Waals surface area contributed by atoms with Crippen molar-refractivity contribution < 1.29 is 32.2 Å². The van der Waals surface area contributed by atoms with Gasteiger partial charge >= 0.3 is 6.18 Å². The van der Waals surface area contributed by atoms with Gasteiger partial charge in [0.25, 0.3) is 5.91 Å². The van der Waals surface area contributed by atoms with Crippen LogP contribution in [0.4, 0.5) is 18.9 Å². The third kappa shape index (κ3) is 7.33. The van der Waals surface area contributed by atoms with Crippen molar-refractivity contribution in [2.75, 3.05) is 45.2 Å². The van der Waals surface area contributed by atoms with Crippen molar-refractivity contribution in [2.45, 2.75) is 32.0 Å². The van der Waals surface area contributed by atoms with Gasteiger partial charge in [0.2, 0.25) is 5.91 Å². The fourth-order valence-electron chi connectivity index (χ4n) is 3.61. The molecule has 2 aromatic rings. The number of nitrogens with zero attached hydrogens (tertiary/aromatic N) is 3. The summed E-state index contributed by atoms with van der Waals surface area (Å²) in [4.78, 5) is 31.3. The lowest BCUT2D eigenvalue weighted by Crippen LogP contribution is -2.47. The minimum absolute atomic E-state index is 0.175. The first kappa shape index (κ1) is 27.3. The second kappa shape index (κ2) is 11.2. The minimum atomic E-state index is -4.50. The molecule has 1 fully saturated rings. The number of rotatable bonds is 9.